The Bertz CT molecular complexity index is 1040. The minimum Gasteiger partial charge on any atom is -0.462 e. The number of hydrogen-bond donors (Lipinski definition) is 1. The van der Waals surface area contributed by atoms with E-state index in [-0.39, 0.29) is 11.8 Å². The number of hydrogen-bond acceptors (Lipinski definition) is 5. The Balaban J connectivity index is 1.41. The number of carbonyl (C=O) groups is 1. The molecule has 9 heteroatoms. The van der Waals surface area contributed by atoms with Gasteiger partial charge in [-0.05, 0) is 68.1 Å². The van der Waals surface area contributed by atoms with Gasteiger partial charge in [-0.15, -0.1) is 11.3 Å². The Hall–Kier alpha value is -1.74. The summed E-state index contributed by atoms with van der Waals surface area (Å²) in [4.78, 5) is 18.6. The van der Waals surface area contributed by atoms with E-state index in [2.05, 4.69) is 15.1 Å². The molecule has 0 amide bonds. The SMILES string of the molecule is CCOC(=O)c1c(NC(=S)N2CCN(Cc3ccc(F)cc3Cl)CC2)sc2c1CCCCCC2. The number of thiocarbonyl (C=S) groups is 1. The first kappa shape index (κ1) is 25.4. The van der Waals surface area contributed by atoms with Gasteiger partial charge in [0.05, 0.1) is 12.2 Å². The van der Waals surface area contributed by atoms with E-state index in [9.17, 15) is 9.18 Å². The zero-order valence-corrected chi connectivity index (χ0v) is 21.9. The molecule has 1 aromatic carbocycles. The highest BCUT2D eigenvalue weighted by molar-refractivity contribution is 7.80. The summed E-state index contributed by atoms with van der Waals surface area (Å²) in [6, 6.07) is 4.55. The summed E-state index contributed by atoms with van der Waals surface area (Å²) in [5, 5.41) is 5.30. The number of halogens is 2. The Morgan fingerprint density at radius 2 is 1.91 bits per heavy atom. The number of benzene rings is 1. The molecule has 34 heavy (non-hydrogen) atoms. The van der Waals surface area contributed by atoms with Crippen molar-refractivity contribution in [2.75, 3.05) is 38.1 Å². The topological polar surface area (TPSA) is 44.8 Å². The number of fused-ring (bicyclic) bond motifs is 1. The molecule has 0 bridgehead atoms. The van der Waals surface area contributed by atoms with Gasteiger partial charge in [0.25, 0.3) is 0 Å². The number of nitrogens with one attached hydrogen (secondary N) is 1. The smallest absolute Gasteiger partial charge is 0.341 e. The Kier molecular flexibility index (Phi) is 8.80. The molecule has 4 rings (SSSR count). The van der Waals surface area contributed by atoms with Gasteiger partial charge in [0, 0.05) is 42.6 Å². The van der Waals surface area contributed by atoms with Gasteiger partial charge in [-0.25, -0.2) is 9.18 Å². The van der Waals surface area contributed by atoms with Crippen LogP contribution >= 0.6 is 35.2 Å². The van der Waals surface area contributed by atoms with Gasteiger partial charge < -0.3 is 15.0 Å². The summed E-state index contributed by atoms with van der Waals surface area (Å²) in [7, 11) is 0. The van der Waals surface area contributed by atoms with Crippen molar-refractivity contribution in [3.05, 3.63) is 50.6 Å². The number of carbonyl (C=O) groups excluding carboxylic acids is 1. The van der Waals surface area contributed by atoms with E-state index in [1.54, 1.807) is 17.4 Å². The lowest BCUT2D eigenvalue weighted by molar-refractivity contribution is 0.0526. The zero-order valence-electron chi connectivity index (χ0n) is 19.5. The van der Waals surface area contributed by atoms with Gasteiger partial charge in [-0.1, -0.05) is 30.5 Å². The third-order valence-electron chi connectivity index (χ3n) is 6.44. The van der Waals surface area contributed by atoms with Crippen molar-refractivity contribution in [1.29, 1.82) is 0 Å². The first-order valence-corrected chi connectivity index (χ1v) is 13.6. The fraction of sp³-hybridized carbons (Fsp3) is 0.520. The van der Waals surface area contributed by atoms with Crippen LogP contribution in [-0.2, 0) is 24.1 Å². The molecule has 184 valence electrons. The third kappa shape index (κ3) is 6.08. The standard InChI is InChI=1S/C25H31ClFN3O2S2/c1-2-32-24(31)22-19-7-5-3-4-6-8-21(19)34-23(22)28-25(33)30-13-11-29(12-14-30)16-17-9-10-18(27)15-20(17)26/h9-10,15H,2-8,11-14,16H2,1H3,(H,28,33). The average molecular weight is 524 g/mol. The highest BCUT2D eigenvalue weighted by atomic mass is 35.5. The minimum atomic E-state index is -0.321. The maximum absolute atomic E-state index is 13.3. The van der Waals surface area contributed by atoms with E-state index < -0.39 is 0 Å². The van der Waals surface area contributed by atoms with E-state index in [1.165, 1.54) is 29.9 Å². The molecule has 2 aliphatic rings. The quantitative estimate of drug-likeness (QED) is 0.389. The van der Waals surface area contributed by atoms with Crippen LogP contribution < -0.4 is 5.32 Å². The molecule has 2 aromatic rings. The van der Waals surface area contributed by atoms with Gasteiger partial charge in [0.15, 0.2) is 5.11 Å². The Morgan fingerprint density at radius 1 is 1.18 bits per heavy atom. The van der Waals surface area contributed by atoms with Gasteiger partial charge in [0.1, 0.15) is 10.8 Å². The van der Waals surface area contributed by atoms with Crippen LogP contribution in [-0.4, -0.2) is 53.7 Å². The average Bonchev–Trinajstić information content (AvgIpc) is 3.12. The van der Waals surface area contributed by atoms with Gasteiger partial charge in [-0.2, -0.15) is 0 Å². The van der Waals surface area contributed by atoms with E-state index >= 15 is 0 Å². The van der Waals surface area contributed by atoms with Crippen molar-refractivity contribution in [2.45, 2.75) is 52.0 Å². The lowest BCUT2D eigenvalue weighted by atomic mass is 9.96. The maximum Gasteiger partial charge on any atom is 0.341 e. The number of piperazine rings is 1. The highest BCUT2D eigenvalue weighted by Gasteiger charge is 2.27. The van der Waals surface area contributed by atoms with Gasteiger partial charge >= 0.3 is 5.97 Å². The van der Waals surface area contributed by atoms with Crippen LogP contribution in [0.3, 0.4) is 0 Å². The third-order valence-corrected chi connectivity index (χ3v) is 8.36. The molecule has 2 heterocycles. The van der Waals surface area contributed by atoms with Crippen LogP contribution in [0.15, 0.2) is 18.2 Å². The molecule has 0 radical (unpaired) electrons. The van der Waals surface area contributed by atoms with Crippen LogP contribution in [0.1, 0.15) is 59.0 Å². The van der Waals surface area contributed by atoms with Crippen LogP contribution in [0.4, 0.5) is 9.39 Å². The molecule has 5 nitrogen and oxygen atoms in total. The van der Waals surface area contributed by atoms with Crippen molar-refractivity contribution in [1.82, 2.24) is 9.80 Å². The Labute approximate surface area is 215 Å². The molecular weight excluding hydrogens is 493 g/mol. The second kappa shape index (κ2) is 11.8. The van der Waals surface area contributed by atoms with Crippen LogP contribution in [0.2, 0.25) is 5.02 Å². The number of anilines is 1. The van der Waals surface area contributed by atoms with E-state index in [4.69, 9.17) is 28.6 Å². The predicted molar refractivity (Wildman–Crippen MR) is 141 cm³/mol. The number of nitrogens with zero attached hydrogens (tertiary/aromatic N) is 2. The highest BCUT2D eigenvalue weighted by Crippen LogP contribution is 2.38. The maximum atomic E-state index is 13.3. The van der Waals surface area contributed by atoms with Crippen LogP contribution in [0.25, 0.3) is 0 Å². The summed E-state index contributed by atoms with van der Waals surface area (Å²) in [5.41, 5.74) is 2.75. The zero-order chi connectivity index (χ0) is 24.1. The molecule has 1 saturated heterocycles. The number of esters is 1. The lowest BCUT2D eigenvalue weighted by Crippen LogP contribution is -2.49. The van der Waals surface area contributed by atoms with Crippen LogP contribution in [0, 0.1) is 5.82 Å². The molecule has 0 atom stereocenters. The molecule has 1 N–H and O–H groups in total. The molecule has 0 saturated carbocycles. The summed E-state index contributed by atoms with van der Waals surface area (Å²) in [5.74, 6) is -0.578. The van der Waals surface area contributed by atoms with Crippen molar-refractivity contribution in [2.24, 2.45) is 0 Å². The van der Waals surface area contributed by atoms with E-state index in [0.717, 1.165) is 68.0 Å². The van der Waals surface area contributed by atoms with Gasteiger partial charge in [-0.3, -0.25) is 4.90 Å². The monoisotopic (exact) mass is 523 g/mol. The Morgan fingerprint density at radius 3 is 2.62 bits per heavy atom. The summed E-state index contributed by atoms with van der Waals surface area (Å²) < 4.78 is 18.7. The van der Waals surface area contributed by atoms with Crippen molar-refractivity contribution >= 4 is 51.2 Å². The normalized spacial score (nSPS) is 17.0. The summed E-state index contributed by atoms with van der Waals surface area (Å²) in [6.07, 6.45) is 6.61. The van der Waals surface area contributed by atoms with Crippen molar-refractivity contribution < 1.29 is 13.9 Å². The minimum absolute atomic E-state index is 0.258. The van der Waals surface area contributed by atoms with Gasteiger partial charge in [0.2, 0.25) is 0 Å². The molecule has 1 aliphatic heterocycles. The van der Waals surface area contributed by atoms with Crippen molar-refractivity contribution in [3.8, 4) is 0 Å². The summed E-state index contributed by atoms with van der Waals surface area (Å²) >= 11 is 13.6. The predicted octanol–water partition coefficient (Wildman–Crippen LogP) is 5.89. The largest absolute Gasteiger partial charge is 0.462 e. The first-order chi connectivity index (χ1) is 16.5. The first-order valence-electron chi connectivity index (χ1n) is 12.0. The lowest BCUT2D eigenvalue weighted by Gasteiger charge is -2.36. The molecule has 1 aliphatic carbocycles. The second-order valence-corrected chi connectivity index (χ2v) is 10.7. The van der Waals surface area contributed by atoms with Crippen LogP contribution in [0.5, 0.6) is 0 Å². The molecular formula is C25H31ClFN3O2S2. The fourth-order valence-corrected chi connectivity index (χ4v) is 6.46. The van der Waals surface area contributed by atoms with E-state index in [1.807, 2.05) is 6.92 Å². The summed E-state index contributed by atoms with van der Waals surface area (Å²) in [6.45, 7) is 6.05. The molecule has 0 unspecified atom stereocenters. The molecule has 1 aromatic heterocycles. The number of thiophene rings is 1. The number of aryl methyl sites for hydroxylation is 1. The van der Waals surface area contributed by atoms with E-state index in [0.29, 0.717) is 28.9 Å². The molecule has 1 fully saturated rings. The molecule has 0 spiro atoms. The fourth-order valence-electron chi connectivity index (χ4n) is 4.60. The number of rotatable bonds is 5. The number of ether oxygens (including phenoxy) is 1. The van der Waals surface area contributed by atoms with Crippen molar-refractivity contribution in [3.63, 3.8) is 0 Å². The second-order valence-electron chi connectivity index (χ2n) is 8.77.